The van der Waals surface area contributed by atoms with E-state index >= 15 is 0 Å². The van der Waals surface area contributed by atoms with Crippen LogP contribution in [0.4, 0.5) is 13.2 Å². The van der Waals surface area contributed by atoms with Gasteiger partial charge in [-0.3, -0.25) is 0 Å². The van der Waals surface area contributed by atoms with Crippen molar-refractivity contribution in [3.63, 3.8) is 0 Å². The summed E-state index contributed by atoms with van der Waals surface area (Å²) in [6, 6.07) is 1.28. The number of hydrogen-bond donors (Lipinski definition) is 0. The second-order valence-corrected chi connectivity index (χ2v) is 4.82. The van der Waals surface area contributed by atoms with E-state index in [2.05, 4.69) is 30.7 Å². The Morgan fingerprint density at radius 1 is 1.55 bits per heavy atom. The van der Waals surface area contributed by atoms with E-state index in [1.54, 1.807) is 0 Å². The van der Waals surface area contributed by atoms with Crippen LogP contribution in [0.1, 0.15) is 23.1 Å². The van der Waals surface area contributed by atoms with Crippen LogP contribution in [0.5, 0.6) is 0 Å². The first-order valence-corrected chi connectivity index (χ1v) is 6.42. The van der Waals surface area contributed by atoms with Crippen molar-refractivity contribution in [3.8, 4) is 0 Å². The van der Waals surface area contributed by atoms with Gasteiger partial charge in [-0.25, -0.2) is 14.3 Å². The first kappa shape index (κ1) is 15.0. The summed E-state index contributed by atoms with van der Waals surface area (Å²) in [6.45, 7) is 1.40. The lowest BCUT2D eigenvalue weighted by Crippen LogP contribution is -2.17. The zero-order valence-corrected chi connectivity index (χ0v) is 12.2. The Kier molecular flexibility index (Phi) is 3.92. The molecule has 0 fully saturated rings. The van der Waals surface area contributed by atoms with Crippen LogP contribution in [-0.4, -0.2) is 27.2 Å². The summed E-state index contributed by atoms with van der Waals surface area (Å²) < 4.78 is 44.4. The second-order valence-electron chi connectivity index (χ2n) is 3.58. The zero-order valence-electron chi connectivity index (χ0n) is 9.83. The molecule has 0 radical (unpaired) electrons. The quantitative estimate of drug-likeness (QED) is 0.759. The molecule has 0 aliphatic heterocycles. The predicted octanol–water partition coefficient (Wildman–Crippen LogP) is 3.34. The molecule has 0 amide bonds. The third-order valence-corrected chi connectivity index (χ3v) is 3.01. The molecule has 2 heterocycles. The first-order valence-electron chi connectivity index (χ1n) is 5.24. The summed E-state index contributed by atoms with van der Waals surface area (Å²) in [5.41, 5.74) is -2.35. The van der Waals surface area contributed by atoms with Crippen molar-refractivity contribution >= 4 is 39.1 Å². The van der Waals surface area contributed by atoms with Crippen molar-refractivity contribution in [1.82, 2.24) is 14.6 Å². The molecule has 0 aliphatic carbocycles. The fourth-order valence-electron chi connectivity index (χ4n) is 1.54. The maximum absolute atomic E-state index is 13.0. The number of alkyl halides is 3. The third kappa shape index (κ3) is 2.59. The summed E-state index contributed by atoms with van der Waals surface area (Å²) >= 11 is 8.70. The van der Waals surface area contributed by atoms with E-state index in [-0.39, 0.29) is 21.9 Å². The minimum Gasteiger partial charge on any atom is -0.461 e. The number of carbonyl (C=O) groups is 1. The number of rotatable bonds is 2. The topological polar surface area (TPSA) is 56.5 Å². The van der Waals surface area contributed by atoms with Gasteiger partial charge in [-0.05, 0) is 28.9 Å². The highest BCUT2D eigenvalue weighted by Gasteiger charge is 2.41. The van der Waals surface area contributed by atoms with E-state index in [1.807, 2.05) is 0 Å². The van der Waals surface area contributed by atoms with Crippen LogP contribution in [0.25, 0.3) is 5.65 Å². The molecule has 2 rings (SSSR count). The molecular formula is C10H6BrClF3N3O2. The van der Waals surface area contributed by atoms with Gasteiger partial charge >= 0.3 is 12.1 Å². The van der Waals surface area contributed by atoms with E-state index < -0.39 is 23.5 Å². The van der Waals surface area contributed by atoms with Crippen LogP contribution in [-0.2, 0) is 10.9 Å². The van der Waals surface area contributed by atoms with Crippen LogP contribution in [0, 0.1) is 0 Å². The number of fused-ring (bicyclic) bond motifs is 1. The maximum Gasteiger partial charge on any atom is 0.435 e. The molecule has 0 saturated heterocycles. The fourth-order valence-corrected chi connectivity index (χ4v) is 2.33. The Hall–Kier alpha value is -1.35. The summed E-state index contributed by atoms with van der Waals surface area (Å²) in [6.07, 6.45) is -4.82. The molecule has 0 N–H and O–H groups in total. The van der Waals surface area contributed by atoms with E-state index in [1.165, 1.54) is 13.0 Å². The van der Waals surface area contributed by atoms with Crippen LogP contribution >= 0.6 is 27.5 Å². The number of ether oxygens (including phenoxy) is 1. The average Bonchev–Trinajstić information content (AvgIpc) is 2.68. The molecule has 0 bridgehead atoms. The van der Waals surface area contributed by atoms with Crippen molar-refractivity contribution in [3.05, 3.63) is 27.1 Å². The van der Waals surface area contributed by atoms with Gasteiger partial charge in [0.05, 0.1) is 11.1 Å². The normalized spacial score (nSPS) is 11.9. The van der Waals surface area contributed by atoms with Gasteiger partial charge in [0, 0.05) is 0 Å². The Morgan fingerprint density at radius 2 is 2.20 bits per heavy atom. The summed E-state index contributed by atoms with van der Waals surface area (Å²) in [7, 11) is 0. The molecule has 108 valence electrons. The molecule has 2 aromatic rings. The van der Waals surface area contributed by atoms with Crippen molar-refractivity contribution in [2.24, 2.45) is 0 Å². The van der Waals surface area contributed by atoms with Crippen LogP contribution < -0.4 is 0 Å². The molecule has 0 saturated carbocycles. The molecule has 0 aliphatic rings. The minimum absolute atomic E-state index is 0.0783. The highest BCUT2D eigenvalue weighted by atomic mass is 79.9. The number of hydrogen-bond acceptors (Lipinski definition) is 4. The summed E-state index contributed by atoms with van der Waals surface area (Å²) in [5.74, 6) is -1.17. The molecule has 0 spiro atoms. The number of aromatic nitrogens is 3. The summed E-state index contributed by atoms with van der Waals surface area (Å²) in [5, 5.41) is 3.57. The molecule has 2 aromatic heterocycles. The Bertz CT molecular complexity index is 686. The first-order chi connectivity index (χ1) is 9.25. The highest BCUT2D eigenvalue weighted by molar-refractivity contribution is 9.10. The minimum atomic E-state index is -4.82. The van der Waals surface area contributed by atoms with Crippen molar-refractivity contribution < 1.29 is 22.7 Å². The van der Waals surface area contributed by atoms with Crippen LogP contribution in [0.3, 0.4) is 0 Å². The Labute approximate surface area is 123 Å². The van der Waals surface area contributed by atoms with E-state index in [0.29, 0.717) is 4.52 Å². The van der Waals surface area contributed by atoms with Gasteiger partial charge in [-0.1, -0.05) is 11.6 Å². The largest absolute Gasteiger partial charge is 0.461 e. The molecule has 0 atom stereocenters. The zero-order chi connectivity index (χ0) is 15.1. The molecule has 0 aromatic carbocycles. The molecule has 20 heavy (non-hydrogen) atoms. The van der Waals surface area contributed by atoms with Crippen LogP contribution in [0.2, 0.25) is 5.15 Å². The van der Waals surface area contributed by atoms with Gasteiger partial charge < -0.3 is 4.74 Å². The smallest absolute Gasteiger partial charge is 0.435 e. The van der Waals surface area contributed by atoms with Gasteiger partial charge in [-0.2, -0.15) is 18.3 Å². The van der Waals surface area contributed by atoms with E-state index in [9.17, 15) is 18.0 Å². The molecule has 5 nitrogen and oxygen atoms in total. The Balaban J connectivity index is 2.82. The highest BCUT2D eigenvalue weighted by Crippen LogP contribution is 2.34. The molecular weight excluding hydrogens is 366 g/mol. The lowest BCUT2D eigenvalue weighted by molar-refractivity contribution is -0.141. The van der Waals surface area contributed by atoms with Crippen molar-refractivity contribution in [2.45, 2.75) is 13.1 Å². The summed E-state index contributed by atoms with van der Waals surface area (Å²) in [4.78, 5) is 15.1. The molecule has 0 unspecified atom stereocenters. The monoisotopic (exact) mass is 371 g/mol. The van der Waals surface area contributed by atoms with Gasteiger partial charge in [0.1, 0.15) is 0 Å². The SMILES string of the molecule is CCOC(=O)c1c(C(F)(F)F)nc2c(Br)cc(Cl)nn12. The van der Waals surface area contributed by atoms with Gasteiger partial charge in [0.2, 0.25) is 0 Å². The lowest BCUT2D eigenvalue weighted by atomic mass is 10.3. The third-order valence-electron chi connectivity index (χ3n) is 2.25. The fraction of sp³-hybridized carbons (Fsp3) is 0.300. The van der Waals surface area contributed by atoms with Gasteiger partial charge in [-0.15, -0.1) is 0 Å². The standard InChI is InChI=1S/C10H6BrClF3N3O2/c1-2-20-9(19)6-7(10(13,14)15)16-8-4(11)3-5(12)17-18(6)8/h3H,2H2,1H3. The van der Waals surface area contributed by atoms with E-state index in [0.717, 1.165) is 0 Å². The maximum atomic E-state index is 13.0. The van der Waals surface area contributed by atoms with Crippen molar-refractivity contribution in [2.75, 3.05) is 6.61 Å². The number of imidazole rings is 1. The lowest BCUT2D eigenvalue weighted by Gasteiger charge is -2.06. The van der Waals surface area contributed by atoms with Crippen molar-refractivity contribution in [1.29, 1.82) is 0 Å². The second kappa shape index (κ2) is 5.21. The van der Waals surface area contributed by atoms with E-state index in [4.69, 9.17) is 11.6 Å². The van der Waals surface area contributed by atoms with Gasteiger partial charge in [0.15, 0.2) is 22.2 Å². The van der Waals surface area contributed by atoms with Gasteiger partial charge in [0.25, 0.3) is 0 Å². The predicted molar refractivity (Wildman–Crippen MR) is 66.7 cm³/mol. The molecule has 10 heteroatoms. The van der Waals surface area contributed by atoms with Crippen LogP contribution in [0.15, 0.2) is 10.5 Å². The number of carbonyl (C=O) groups excluding carboxylic acids is 1. The number of nitrogens with zero attached hydrogens (tertiary/aromatic N) is 3. The average molecular weight is 373 g/mol. The number of halogens is 5. The Morgan fingerprint density at radius 3 is 2.75 bits per heavy atom. The number of esters is 1.